The number of aryl methyl sites for hydroxylation is 1. The lowest BCUT2D eigenvalue weighted by molar-refractivity contribution is 0.186. The molecule has 3 heterocycles. The van der Waals surface area contributed by atoms with Crippen molar-refractivity contribution in [3.05, 3.63) is 93.7 Å². The maximum Gasteiger partial charge on any atom is 0.231 e. The van der Waals surface area contributed by atoms with E-state index in [0.717, 1.165) is 42.5 Å². The predicted molar refractivity (Wildman–Crippen MR) is 184 cm³/mol. The average molecular weight is 662 g/mol. The molecule has 1 aliphatic rings. The van der Waals surface area contributed by atoms with Gasteiger partial charge in [0.05, 0.1) is 16.9 Å². The maximum absolute atomic E-state index is 15.2. The number of nitrogens with two attached hydrogens (primary N) is 2. The fourth-order valence-corrected chi connectivity index (χ4v) is 5.59. The first-order chi connectivity index (χ1) is 22.7. The van der Waals surface area contributed by atoms with Crippen LogP contribution in [0, 0.1) is 11.2 Å². The summed E-state index contributed by atoms with van der Waals surface area (Å²) < 4.78 is 15.2. The van der Waals surface area contributed by atoms with Crippen LogP contribution in [0.4, 0.5) is 15.9 Å². The SMILES string of the molecule is C[C@H](N)CCCc1cc(Cl)c(F)c(-c2cc3c([nH]2)=NC(O)N(c2ccc(CN[C@H](CCNC(=N)N)CNc4cnccn4)cc2)C=3)c1. The quantitative estimate of drug-likeness (QED) is 0.0699. The molecule has 2 aromatic carbocycles. The average Bonchev–Trinajstić information content (AvgIpc) is 3.46. The number of halogens is 2. The number of hydrogen-bond acceptors (Lipinski definition) is 9. The van der Waals surface area contributed by atoms with Gasteiger partial charge < -0.3 is 42.4 Å². The van der Waals surface area contributed by atoms with Crippen molar-refractivity contribution in [3.8, 4) is 11.3 Å². The molecule has 10 N–H and O–H groups in total. The number of aromatic nitrogens is 3. The van der Waals surface area contributed by atoms with Crippen molar-refractivity contribution in [1.82, 2.24) is 25.6 Å². The lowest BCUT2D eigenvalue weighted by Gasteiger charge is -2.25. The van der Waals surface area contributed by atoms with Crippen LogP contribution in [0.5, 0.6) is 0 Å². The molecule has 0 bridgehead atoms. The van der Waals surface area contributed by atoms with E-state index in [-0.39, 0.29) is 23.1 Å². The minimum absolute atomic E-state index is 0.0517. The fraction of sp³-hybridized carbons (Fsp3) is 0.333. The van der Waals surface area contributed by atoms with Crippen LogP contribution in [-0.4, -0.2) is 57.5 Å². The number of fused-ring (bicyclic) bond motifs is 1. The third-order valence-electron chi connectivity index (χ3n) is 7.83. The molecule has 0 saturated carbocycles. The van der Waals surface area contributed by atoms with E-state index < -0.39 is 12.2 Å². The summed E-state index contributed by atoms with van der Waals surface area (Å²) in [5.41, 5.74) is 15.4. The first kappa shape index (κ1) is 33.8. The molecular formula is C33H41ClFN11O. The van der Waals surface area contributed by atoms with Crippen LogP contribution in [0.25, 0.3) is 17.5 Å². The van der Waals surface area contributed by atoms with Crippen LogP contribution in [0.2, 0.25) is 5.02 Å². The second kappa shape index (κ2) is 15.8. The lowest BCUT2D eigenvalue weighted by Crippen LogP contribution is -2.41. The van der Waals surface area contributed by atoms with Crippen LogP contribution in [0.3, 0.4) is 0 Å². The number of guanidine groups is 1. The van der Waals surface area contributed by atoms with Crippen molar-refractivity contribution in [3.63, 3.8) is 0 Å². The molecule has 14 heteroatoms. The van der Waals surface area contributed by atoms with Crippen LogP contribution in [-0.2, 0) is 13.0 Å². The van der Waals surface area contributed by atoms with Crippen LogP contribution < -0.4 is 43.0 Å². The number of rotatable bonds is 15. The highest BCUT2D eigenvalue weighted by Gasteiger charge is 2.20. The minimum atomic E-state index is -1.17. The second-order valence-electron chi connectivity index (χ2n) is 11.7. The Morgan fingerprint density at radius 2 is 1.98 bits per heavy atom. The van der Waals surface area contributed by atoms with Crippen molar-refractivity contribution in [2.45, 2.75) is 57.6 Å². The van der Waals surface area contributed by atoms with Crippen LogP contribution in [0.1, 0.15) is 37.3 Å². The standard InChI is InChI=1S/C33H41ClFN11O/c1-20(36)3-2-4-22-13-26(30(35)27(34)14-22)28-15-23-19-46(33(47)45-31(23)44-28)25-7-5-21(6-8-25)16-42-24(9-10-41-32(37)38)17-43-29-18-39-11-12-40-29/h5-8,11-15,18-20,24,33,42,47H,2-4,9-10,16-17,36H2,1H3,(H,40,43)(H,44,45)(H4,37,38,41)/t20-,24+,33?/m0/s1. The van der Waals surface area contributed by atoms with Crippen molar-refractivity contribution < 1.29 is 9.50 Å². The van der Waals surface area contributed by atoms with Crippen molar-refractivity contribution >= 4 is 35.3 Å². The highest BCUT2D eigenvalue weighted by atomic mass is 35.5. The molecule has 12 nitrogen and oxygen atoms in total. The van der Waals surface area contributed by atoms with E-state index >= 15 is 4.39 Å². The van der Waals surface area contributed by atoms with Crippen molar-refractivity contribution in [2.75, 3.05) is 23.3 Å². The van der Waals surface area contributed by atoms with Gasteiger partial charge in [0, 0.05) is 66.8 Å². The number of aromatic amines is 1. The molecule has 0 amide bonds. The third kappa shape index (κ3) is 9.26. The van der Waals surface area contributed by atoms with Gasteiger partial charge in [0.2, 0.25) is 6.35 Å². The fourth-order valence-electron chi connectivity index (χ4n) is 5.35. The van der Waals surface area contributed by atoms with E-state index in [0.29, 0.717) is 47.4 Å². The summed E-state index contributed by atoms with van der Waals surface area (Å²) in [6.07, 6.45) is 8.74. The van der Waals surface area contributed by atoms with Gasteiger partial charge >= 0.3 is 0 Å². The molecule has 1 aliphatic heterocycles. The lowest BCUT2D eigenvalue weighted by atomic mass is 10.0. The Morgan fingerprint density at radius 3 is 2.70 bits per heavy atom. The summed E-state index contributed by atoms with van der Waals surface area (Å²) in [4.78, 5) is 17.6. The highest BCUT2D eigenvalue weighted by molar-refractivity contribution is 6.31. The Bertz CT molecular complexity index is 1770. The van der Waals surface area contributed by atoms with Gasteiger partial charge in [-0.3, -0.25) is 10.4 Å². The topological polar surface area (TPSA) is 189 Å². The Labute approximate surface area is 277 Å². The van der Waals surface area contributed by atoms with Gasteiger partial charge in [-0.25, -0.2) is 14.4 Å². The van der Waals surface area contributed by atoms with Crippen molar-refractivity contribution in [1.29, 1.82) is 5.41 Å². The molecule has 0 radical (unpaired) electrons. The van der Waals surface area contributed by atoms with Gasteiger partial charge in [0.15, 0.2) is 11.8 Å². The number of aliphatic hydroxyl groups excluding tert-OH is 1. The summed E-state index contributed by atoms with van der Waals surface area (Å²) in [6.45, 7) is 3.70. The summed E-state index contributed by atoms with van der Waals surface area (Å²) in [7, 11) is 0. The first-order valence-electron chi connectivity index (χ1n) is 15.6. The molecule has 1 unspecified atom stereocenters. The van der Waals surface area contributed by atoms with E-state index in [1.165, 1.54) is 0 Å². The van der Waals surface area contributed by atoms with E-state index in [1.54, 1.807) is 41.8 Å². The summed E-state index contributed by atoms with van der Waals surface area (Å²) in [5, 5.41) is 28.8. The number of benzene rings is 2. The molecule has 0 saturated heterocycles. The first-order valence-corrected chi connectivity index (χ1v) is 15.9. The zero-order valence-electron chi connectivity index (χ0n) is 26.2. The molecule has 4 aromatic rings. The largest absolute Gasteiger partial charge is 0.370 e. The summed E-state index contributed by atoms with van der Waals surface area (Å²) >= 11 is 6.27. The molecular weight excluding hydrogens is 621 g/mol. The van der Waals surface area contributed by atoms with E-state index in [9.17, 15) is 5.11 Å². The molecule has 0 aliphatic carbocycles. The number of nitrogens with zero attached hydrogens (tertiary/aromatic N) is 4. The number of anilines is 2. The molecule has 2 aromatic heterocycles. The zero-order valence-corrected chi connectivity index (χ0v) is 26.9. The normalized spacial score (nSPS) is 15.3. The highest BCUT2D eigenvalue weighted by Crippen LogP contribution is 2.29. The Balaban J connectivity index is 1.27. The zero-order chi connectivity index (χ0) is 33.3. The monoisotopic (exact) mass is 661 g/mol. The van der Waals surface area contributed by atoms with Gasteiger partial charge in [0.25, 0.3) is 0 Å². The number of hydrogen-bond donors (Lipinski definition) is 8. The van der Waals surface area contributed by atoms with Gasteiger partial charge in [-0.15, -0.1) is 0 Å². The van der Waals surface area contributed by atoms with Gasteiger partial charge in [-0.1, -0.05) is 23.7 Å². The van der Waals surface area contributed by atoms with Gasteiger partial charge in [-0.05, 0) is 74.1 Å². The van der Waals surface area contributed by atoms with Gasteiger partial charge in [0.1, 0.15) is 11.3 Å². The molecule has 5 rings (SSSR count). The number of aliphatic hydroxyl groups is 1. The van der Waals surface area contributed by atoms with E-state index in [4.69, 9.17) is 28.5 Å². The Hall–Kier alpha value is -4.56. The number of nitrogens with one attached hydrogen (secondary N) is 5. The van der Waals surface area contributed by atoms with Crippen LogP contribution >= 0.6 is 11.6 Å². The molecule has 47 heavy (non-hydrogen) atoms. The van der Waals surface area contributed by atoms with Gasteiger partial charge in [-0.2, -0.15) is 0 Å². The predicted octanol–water partition coefficient (Wildman–Crippen LogP) is 2.53. The minimum Gasteiger partial charge on any atom is -0.370 e. The van der Waals surface area contributed by atoms with Crippen molar-refractivity contribution in [2.24, 2.45) is 16.5 Å². The van der Waals surface area contributed by atoms with Crippen LogP contribution in [0.15, 0.2) is 66.0 Å². The third-order valence-corrected chi connectivity index (χ3v) is 8.11. The molecule has 0 spiro atoms. The summed E-state index contributed by atoms with van der Waals surface area (Å²) in [6, 6.07) is 13.2. The smallest absolute Gasteiger partial charge is 0.231 e. The van der Waals surface area contributed by atoms with E-state index in [1.807, 2.05) is 37.3 Å². The second-order valence-corrected chi connectivity index (χ2v) is 12.1. The Kier molecular flexibility index (Phi) is 11.4. The molecule has 0 fully saturated rings. The molecule has 248 valence electrons. The Morgan fingerprint density at radius 1 is 1.17 bits per heavy atom. The number of H-pyrrole nitrogens is 1. The molecule has 3 atom stereocenters. The maximum atomic E-state index is 15.2. The summed E-state index contributed by atoms with van der Waals surface area (Å²) in [5.74, 6) is 0.102. The van der Waals surface area contributed by atoms with E-state index in [2.05, 4.69) is 35.9 Å².